The Morgan fingerprint density at radius 1 is 0.720 bits per heavy atom. The summed E-state index contributed by atoms with van der Waals surface area (Å²) in [6, 6.07) is 29.4. The Hall–Kier alpha value is -2.80. The van der Waals surface area contributed by atoms with Gasteiger partial charge in [-0.25, -0.2) is 4.99 Å². The molecule has 0 saturated heterocycles. The fourth-order valence-electron chi connectivity index (χ4n) is 3.52. The Labute approximate surface area is 153 Å². The normalized spacial score (nSPS) is 14.8. The summed E-state index contributed by atoms with van der Waals surface area (Å²) in [7, 11) is 0. The molecule has 0 aromatic heterocycles. The molecule has 0 aliphatic heterocycles. The van der Waals surface area contributed by atoms with Gasteiger partial charge in [0.2, 0.25) is 0 Å². The lowest BCUT2D eigenvalue weighted by molar-refractivity contribution is 0.853. The first-order chi connectivity index (χ1) is 12.3. The van der Waals surface area contributed by atoms with E-state index in [2.05, 4.69) is 89.9 Å². The Balaban J connectivity index is 1.95. The molecule has 3 aromatic rings. The van der Waals surface area contributed by atoms with Crippen molar-refractivity contribution in [3.63, 3.8) is 0 Å². The van der Waals surface area contributed by atoms with Crippen LogP contribution < -0.4 is 0 Å². The minimum absolute atomic E-state index is 0.530. The summed E-state index contributed by atoms with van der Waals surface area (Å²) in [5.74, 6) is 0. The second-order valence-electron chi connectivity index (χ2n) is 6.26. The molecule has 0 heterocycles. The van der Waals surface area contributed by atoms with Crippen LogP contribution in [0.15, 0.2) is 89.9 Å². The van der Waals surface area contributed by atoms with Crippen LogP contribution in [0.1, 0.15) is 22.3 Å². The molecule has 1 aliphatic rings. The van der Waals surface area contributed by atoms with Gasteiger partial charge in [-0.2, -0.15) is 0 Å². The van der Waals surface area contributed by atoms with E-state index in [4.69, 9.17) is 12.2 Å². The third-order valence-electron chi connectivity index (χ3n) is 4.72. The molecule has 25 heavy (non-hydrogen) atoms. The third kappa shape index (κ3) is 2.56. The van der Waals surface area contributed by atoms with Crippen molar-refractivity contribution >= 4 is 28.5 Å². The highest BCUT2D eigenvalue weighted by atomic mass is 32.1. The van der Waals surface area contributed by atoms with Crippen LogP contribution in [0.4, 0.5) is 0 Å². The lowest BCUT2D eigenvalue weighted by atomic mass is 9.93. The molecule has 0 unspecified atom stereocenters. The molecule has 120 valence electrons. The molecule has 0 fully saturated rings. The van der Waals surface area contributed by atoms with Gasteiger partial charge >= 0.3 is 0 Å². The van der Waals surface area contributed by atoms with Crippen LogP contribution in [-0.4, -0.2) is 5.16 Å². The van der Waals surface area contributed by atoms with Gasteiger partial charge in [0.05, 0.1) is 5.16 Å². The van der Waals surface area contributed by atoms with Crippen molar-refractivity contribution in [3.8, 4) is 0 Å². The van der Waals surface area contributed by atoms with Crippen LogP contribution in [0, 0.1) is 6.92 Å². The quantitative estimate of drug-likeness (QED) is 0.425. The summed E-state index contributed by atoms with van der Waals surface area (Å²) in [6.07, 6.45) is 0. The Kier molecular flexibility index (Phi) is 3.93. The Morgan fingerprint density at radius 2 is 1.20 bits per heavy atom. The minimum atomic E-state index is -0.530. The molecule has 0 saturated carbocycles. The van der Waals surface area contributed by atoms with E-state index in [0.717, 1.165) is 5.56 Å². The molecule has 0 amide bonds. The number of nitrogens with zero attached hydrogens (tertiary/aromatic N) is 1. The van der Waals surface area contributed by atoms with E-state index in [9.17, 15) is 0 Å². The predicted molar refractivity (Wildman–Crippen MR) is 108 cm³/mol. The summed E-state index contributed by atoms with van der Waals surface area (Å²) >= 11 is 5.03. The topological polar surface area (TPSA) is 12.4 Å². The number of aryl methyl sites for hydroxylation is 1. The van der Waals surface area contributed by atoms with Crippen molar-refractivity contribution in [2.24, 2.45) is 4.99 Å². The molecule has 0 spiro atoms. The number of rotatable bonds is 4. The van der Waals surface area contributed by atoms with Gasteiger partial charge in [-0.15, -0.1) is 0 Å². The van der Waals surface area contributed by atoms with Crippen LogP contribution in [-0.2, 0) is 5.54 Å². The second kappa shape index (κ2) is 6.25. The van der Waals surface area contributed by atoms with Gasteiger partial charge in [-0.1, -0.05) is 90.5 Å². The Morgan fingerprint density at radius 3 is 1.64 bits per heavy atom. The zero-order valence-electron chi connectivity index (χ0n) is 13.9. The first kappa shape index (κ1) is 15.7. The zero-order valence-corrected chi connectivity index (χ0v) is 14.8. The average molecular weight is 339 g/mol. The predicted octanol–water partition coefficient (Wildman–Crippen LogP) is 5.92. The van der Waals surface area contributed by atoms with Crippen molar-refractivity contribution in [2.45, 2.75) is 12.5 Å². The number of benzene rings is 3. The molecule has 1 aliphatic carbocycles. The first-order valence-electron chi connectivity index (χ1n) is 8.29. The van der Waals surface area contributed by atoms with Crippen molar-refractivity contribution in [1.29, 1.82) is 0 Å². The highest BCUT2D eigenvalue weighted by molar-refractivity contribution is 7.78. The van der Waals surface area contributed by atoms with Crippen molar-refractivity contribution in [3.05, 3.63) is 107 Å². The zero-order chi connectivity index (χ0) is 17.3. The largest absolute Gasteiger partial charge is 0.211 e. The van der Waals surface area contributed by atoms with E-state index in [1.54, 1.807) is 0 Å². The van der Waals surface area contributed by atoms with Crippen LogP contribution in [0.3, 0.4) is 0 Å². The van der Waals surface area contributed by atoms with Gasteiger partial charge in [-0.3, -0.25) is 0 Å². The van der Waals surface area contributed by atoms with Gasteiger partial charge in [0, 0.05) is 11.1 Å². The molecule has 3 aromatic carbocycles. The first-order valence-corrected chi connectivity index (χ1v) is 8.70. The van der Waals surface area contributed by atoms with Gasteiger partial charge in [0.1, 0.15) is 5.54 Å². The SMILES string of the molecule is Cc1ccc(C2(N=C=S)C(c3ccccc3)=C2c2ccccc2)cc1. The van der Waals surface area contributed by atoms with E-state index in [0.29, 0.717) is 0 Å². The fraction of sp³-hybridized carbons (Fsp3) is 0.0870. The van der Waals surface area contributed by atoms with Crippen LogP contribution >= 0.6 is 12.2 Å². The molecule has 2 heteroatoms. The van der Waals surface area contributed by atoms with Gasteiger partial charge in [0.15, 0.2) is 0 Å². The molecule has 1 nitrogen and oxygen atoms in total. The van der Waals surface area contributed by atoms with Crippen molar-refractivity contribution in [2.75, 3.05) is 0 Å². The molecular weight excluding hydrogens is 322 g/mol. The maximum atomic E-state index is 5.03. The molecule has 0 bridgehead atoms. The van der Waals surface area contributed by atoms with Crippen LogP contribution in [0.5, 0.6) is 0 Å². The molecule has 4 rings (SSSR count). The van der Waals surface area contributed by atoms with Crippen LogP contribution in [0.2, 0.25) is 0 Å². The lowest BCUT2D eigenvalue weighted by Crippen LogP contribution is -2.10. The molecular formula is C23H17NS. The van der Waals surface area contributed by atoms with E-state index in [1.165, 1.54) is 27.8 Å². The van der Waals surface area contributed by atoms with Crippen molar-refractivity contribution in [1.82, 2.24) is 0 Å². The highest BCUT2D eigenvalue weighted by Gasteiger charge is 2.56. The maximum Gasteiger partial charge on any atom is 0.148 e. The smallest absolute Gasteiger partial charge is 0.148 e. The summed E-state index contributed by atoms with van der Waals surface area (Å²) in [6.45, 7) is 2.09. The van der Waals surface area contributed by atoms with Gasteiger partial charge in [-0.05, 0) is 35.8 Å². The number of isothiocyanates is 1. The lowest BCUT2D eigenvalue weighted by Gasteiger charge is -2.16. The minimum Gasteiger partial charge on any atom is -0.211 e. The number of aliphatic imine (C=N–C) groups is 1. The summed E-state index contributed by atoms with van der Waals surface area (Å²) < 4.78 is 0. The second-order valence-corrected chi connectivity index (χ2v) is 6.44. The highest BCUT2D eigenvalue weighted by Crippen LogP contribution is 2.65. The third-order valence-corrected chi connectivity index (χ3v) is 4.81. The standard InChI is InChI=1S/C23H17NS/c1-17-12-14-20(15-13-17)23(24-16-25)21(18-8-4-2-5-9-18)22(23)19-10-6-3-7-11-19/h2-15H,1H3. The van der Waals surface area contributed by atoms with E-state index < -0.39 is 5.54 Å². The molecule has 0 radical (unpaired) electrons. The number of hydrogen-bond donors (Lipinski definition) is 0. The maximum absolute atomic E-state index is 5.03. The van der Waals surface area contributed by atoms with E-state index >= 15 is 0 Å². The Bertz CT molecular complexity index is 930. The number of hydrogen-bond acceptors (Lipinski definition) is 2. The van der Waals surface area contributed by atoms with Crippen molar-refractivity contribution < 1.29 is 0 Å². The summed E-state index contributed by atoms with van der Waals surface area (Å²) in [4.78, 5) is 4.67. The number of thiocarbonyl (C=S) groups is 1. The average Bonchev–Trinajstić information content (AvgIpc) is 3.33. The van der Waals surface area contributed by atoms with Gasteiger partial charge in [0.25, 0.3) is 0 Å². The molecule has 0 N–H and O–H groups in total. The van der Waals surface area contributed by atoms with Gasteiger partial charge < -0.3 is 0 Å². The van der Waals surface area contributed by atoms with E-state index in [-0.39, 0.29) is 0 Å². The molecule has 0 atom stereocenters. The summed E-state index contributed by atoms with van der Waals surface area (Å²) in [5.41, 5.74) is 6.60. The van der Waals surface area contributed by atoms with Crippen LogP contribution in [0.25, 0.3) is 11.1 Å². The monoisotopic (exact) mass is 339 g/mol. The summed E-state index contributed by atoms with van der Waals surface area (Å²) in [5, 5.41) is 2.65. The van der Waals surface area contributed by atoms with E-state index in [1.807, 2.05) is 12.1 Å². The fourth-order valence-corrected chi connectivity index (χ4v) is 3.65.